The van der Waals surface area contributed by atoms with E-state index in [1.54, 1.807) is 26.0 Å². The topological polar surface area (TPSA) is 191 Å². The highest BCUT2D eigenvalue weighted by Gasteiger charge is 2.32. The van der Waals surface area contributed by atoms with Crippen LogP contribution in [0, 0.1) is 5.92 Å². The predicted molar refractivity (Wildman–Crippen MR) is 115 cm³/mol. The number of phenolic OH excluding ortho intramolecular Hbond substituents is 1. The minimum atomic E-state index is -1.46. The zero-order valence-corrected chi connectivity index (χ0v) is 18.5. The third-order valence-corrected chi connectivity index (χ3v) is 4.82. The number of carbonyl (C=O) groups is 4. The van der Waals surface area contributed by atoms with Crippen LogP contribution < -0.4 is 21.7 Å². The molecule has 0 saturated carbocycles. The number of benzene rings is 1. The molecule has 0 aliphatic rings. The van der Waals surface area contributed by atoms with E-state index in [0.717, 1.165) is 0 Å². The highest BCUT2D eigenvalue weighted by Crippen LogP contribution is 2.12. The van der Waals surface area contributed by atoms with Crippen LogP contribution in [0.25, 0.3) is 0 Å². The summed E-state index contributed by atoms with van der Waals surface area (Å²) in [5.74, 6) is -3.69. The fourth-order valence-electron chi connectivity index (χ4n) is 2.67. The summed E-state index contributed by atoms with van der Waals surface area (Å²) in [6, 6.07) is 1.26. The molecule has 1 aromatic carbocycles. The molecule has 5 unspecified atom stereocenters. The monoisotopic (exact) mass is 452 g/mol. The van der Waals surface area contributed by atoms with Crippen molar-refractivity contribution in [2.45, 2.75) is 64.4 Å². The summed E-state index contributed by atoms with van der Waals surface area (Å²) in [7, 11) is 0. The minimum Gasteiger partial charge on any atom is -0.508 e. The molecule has 0 fully saturated rings. The highest BCUT2D eigenvalue weighted by molar-refractivity contribution is 5.94. The molecule has 0 radical (unpaired) electrons. The van der Waals surface area contributed by atoms with Gasteiger partial charge in [-0.2, -0.15) is 0 Å². The first kappa shape index (κ1) is 26.9. The maximum Gasteiger partial charge on any atom is 0.325 e. The number of amides is 3. The van der Waals surface area contributed by atoms with Crippen LogP contribution in [0.3, 0.4) is 0 Å². The van der Waals surface area contributed by atoms with E-state index in [9.17, 15) is 29.4 Å². The number of rotatable bonds is 11. The number of aliphatic carboxylic acids is 1. The number of nitrogens with two attached hydrogens (primary N) is 1. The smallest absolute Gasteiger partial charge is 0.325 e. The Bertz CT molecular complexity index is 811. The van der Waals surface area contributed by atoms with Crippen molar-refractivity contribution in [3.05, 3.63) is 29.8 Å². The number of hydrogen-bond donors (Lipinski definition) is 7. The third kappa shape index (κ3) is 8.16. The van der Waals surface area contributed by atoms with Crippen LogP contribution in [0.1, 0.15) is 33.3 Å². The van der Waals surface area contributed by atoms with Crippen molar-refractivity contribution in [2.75, 3.05) is 0 Å². The fourth-order valence-corrected chi connectivity index (χ4v) is 2.67. The van der Waals surface area contributed by atoms with Crippen molar-refractivity contribution in [3.63, 3.8) is 0 Å². The number of carboxylic acids is 1. The van der Waals surface area contributed by atoms with Crippen molar-refractivity contribution in [1.82, 2.24) is 16.0 Å². The summed E-state index contributed by atoms with van der Waals surface area (Å²) in [6.07, 6.45) is -1.33. The summed E-state index contributed by atoms with van der Waals surface area (Å²) in [5.41, 5.74) is 6.48. The zero-order chi connectivity index (χ0) is 24.6. The number of carboxylic acid groups (broad SMARTS) is 1. The number of aliphatic hydroxyl groups is 1. The van der Waals surface area contributed by atoms with Crippen molar-refractivity contribution >= 4 is 23.7 Å². The minimum absolute atomic E-state index is 0.0162. The van der Waals surface area contributed by atoms with Crippen molar-refractivity contribution in [1.29, 1.82) is 0 Å². The Balaban J connectivity index is 3.07. The summed E-state index contributed by atoms with van der Waals surface area (Å²) in [6.45, 7) is 5.99. The van der Waals surface area contributed by atoms with E-state index in [2.05, 4.69) is 16.0 Å². The van der Waals surface area contributed by atoms with E-state index in [4.69, 9.17) is 10.8 Å². The first-order valence-corrected chi connectivity index (χ1v) is 10.2. The van der Waals surface area contributed by atoms with Crippen LogP contribution in [0.5, 0.6) is 5.75 Å². The van der Waals surface area contributed by atoms with Gasteiger partial charge in [-0.05, 0) is 37.5 Å². The number of phenols is 1. The molecule has 3 amide bonds. The predicted octanol–water partition coefficient (Wildman–Crippen LogP) is -1.14. The molecule has 0 bridgehead atoms. The number of hydrogen-bond acceptors (Lipinski definition) is 7. The third-order valence-electron chi connectivity index (χ3n) is 4.82. The quantitative estimate of drug-likeness (QED) is 0.219. The van der Waals surface area contributed by atoms with Gasteiger partial charge in [0.2, 0.25) is 17.7 Å². The molecule has 11 heteroatoms. The van der Waals surface area contributed by atoms with Gasteiger partial charge < -0.3 is 37.0 Å². The molecule has 11 nitrogen and oxygen atoms in total. The Morgan fingerprint density at radius 2 is 1.47 bits per heavy atom. The van der Waals surface area contributed by atoms with Crippen molar-refractivity contribution in [2.24, 2.45) is 11.7 Å². The van der Waals surface area contributed by atoms with E-state index < -0.39 is 54.0 Å². The molecule has 8 N–H and O–H groups in total. The molecule has 32 heavy (non-hydrogen) atoms. The largest absolute Gasteiger partial charge is 0.508 e. The molecule has 0 spiro atoms. The van der Waals surface area contributed by atoms with E-state index in [0.29, 0.717) is 5.56 Å². The average molecular weight is 453 g/mol. The van der Waals surface area contributed by atoms with E-state index in [1.807, 2.05) is 0 Å². The molecule has 0 aliphatic carbocycles. The lowest BCUT2D eigenvalue weighted by Gasteiger charge is -2.26. The lowest BCUT2D eigenvalue weighted by molar-refractivity contribution is -0.142. The van der Waals surface area contributed by atoms with Crippen LogP contribution in [-0.2, 0) is 25.6 Å². The van der Waals surface area contributed by atoms with Gasteiger partial charge in [-0.15, -0.1) is 0 Å². The van der Waals surface area contributed by atoms with Gasteiger partial charge in [-0.25, -0.2) is 0 Å². The lowest BCUT2D eigenvalue weighted by Crippen LogP contribution is -2.60. The Kier molecular flexibility index (Phi) is 10.1. The molecule has 0 heterocycles. The van der Waals surface area contributed by atoms with E-state index >= 15 is 0 Å². The van der Waals surface area contributed by atoms with Crippen molar-refractivity contribution < 1.29 is 34.5 Å². The molecule has 1 aromatic rings. The van der Waals surface area contributed by atoms with Crippen LogP contribution >= 0.6 is 0 Å². The second kappa shape index (κ2) is 12.0. The van der Waals surface area contributed by atoms with E-state index in [-0.39, 0.29) is 18.1 Å². The van der Waals surface area contributed by atoms with Crippen LogP contribution in [-0.4, -0.2) is 69.3 Å². The number of aliphatic hydroxyl groups excluding tert-OH is 1. The number of nitrogens with one attached hydrogen (secondary N) is 3. The number of carbonyl (C=O) groups excluding carboxylic acids is 3. The average Bonchev–Trinajstić information content (AvgIpc) is 2.71. The van der Waals surface area contributed by atoms with Gasteiger partial charge in [0.05, 0.1) is 12.1 Å². The first-order chi connectivity index (χ1) is 14.8. The summed E-state index contributed by atoms with van der Waals surface area (Å²) < 4.78 is 0. The van der Waals surface area contributed by atoms with Gasteiger partial charge in [-0.1, -0.05) is 26.0 Å². The zero-order valence-electron chi connectivity index (χ0n) is 18.5. The van der Waals surface area contributed by atoms with Gasteiger partial charge in [0.15, 0.2) is 0 Å². The molecule has 5 atom stereocenters. The molecular formula is C21H32N4O7. The van der Waals surface area contributed by atoms with Gasteiger partial charge in [0.25, 0.3) is 0 Å². The molecule has 0 saturated heterocycles. The Morgan fingerprint density at radius 3 is 1.94 bits per heavy atom. The Hall–Kier alpha value is -3.18. The van der Waals surface area contributed by atoms with Crippen LogP contribution in [0.4, 0.5) is 0 Å². The molecule has 0 aliphatic heterocycles. The van der Waals surface area contributed by atoms with Gasteiger partial charge in [0.1, 0.15) is 23.9 Å². The molecule has 178 valence electrons. The van der Waals surface area contributed by atoms with Crippen LogP contribution in [0.15, 0.2) is 24.3 Å². The second-order valence-corrected chi connectivity index (χ2v) is 8.00. The Labute approximate surface area is 186 Å². The maximum atomic E-state index is 13.0. The summed E-state index contributed by atoms with van der Waals surface area (Å²) in [5, 5.41) is 35.5. The summed E-state index contributed by atoms with van der Waals surface area (Å²) in [4.78, 5) is 48.8. The lowest BCUT2D eigenvalue weighted by atomic mass is 10.0. The summed E-state index contributed by atoms with van der Waals surface area (Å²) >= 11 is 0. The van der Waals surface area contributed by atoms with Gasteiger partial charge >= 0.3 is 5.97 Å². The normalized spacial score (nSPS) is 15.7. The SMILES string of the molecule is CC(NC(=O)C(NC(=O)C(Cc1ccc(O)cc1)NC(=O)C(N)C(C)C)C(C)O)C(=O)O. The Morgan fingerprint density at radius 1 is 0.906 bits per heavy atom. The molecule has 0 aromatic heterocycles. The first-order valence-electron chi connectivity index (χ1n) is 10.2. The fraction of sp³-hybridized carbons (Fsp3) is 0.524. The number of aromatic hydroxyl groups is 1. The van der Waals surface area contributed by atoms with Gasteiger partial charge in [0, 0.05) is 6.42 Å². The second-order valence-electron chi connectivity index (χ2n) is 8.00. The highest BCUT2D eigenvalue weighted by atomic mass is 16.4. The maximum absolute atomic E-state index is 13.0. The standard InChI is InChI=1S/C21H32N4O7/c1-10(2)16(22)19(29)24-15(9-13-5-7-14(27)8-6-13)18(28)25-17(12(4)26)20(30)23-11(3)21(31)32/h5-8,10-12,15-17,26-27H,9,22H2,1-4H3,(H,23,30)(H,24,29)(H,25,28)(H,31,32). The van der Waals surface area contributed by atoms with Crippen molar-refractivity contribution in [3.8, 4) is 5.75 Å². The van der Waals surface area contributed by atoms with Gasteiger partial charge in [-0.3, -0.25) is 19.2 Å². The van der Waals surface area contributed by atoms with E-state index in [1.165, 1.54) is 26.0 Å². The molecule has 1 rings (SSSR count). The molecular weight excluding hydrogens is 420 g/mol. The van der Waals surface area contributed by atoms with Crippen LogP contribution in [0.2, 0.25) is 0 Å².